The average molecular weight is 175 g/mol. The molecule has 1 aromatic rings. The molecule has 4 heteroatoms. The molecule has 0 bridgehead atoms. The first kappa shape index (κ1) is 10.4. The average Bonchev–Trinajstić information content (AvgIpc) is 2.05. The Kier molecular flexibility index (Phi) is 4.77. The summed E-state index contributed by atoms with van der Waals surface area (Å²) in [6, 6.07) is 3.57. The summed E-state index contributed by atoms with van der Waals surface area (Å²) in [4.78, 5) is 3.84. The fraction of sp³-hybridized carbons (Fsp3) is 0.286. The Morgan fingerprint density at radius 2 is 2.36 bits per heavy atom. The van der Waals surface area contributed by atoms with Crippen molar-refractivity contribution >= 4 is 12.4 Å². The van der Waals surface area contributed by atoms with E-state index in [1.807, 2.05) is 0 Å². The molecule has 0 aliphatic carbocycles. The van der Waals surface area contributed by atoms with E-state index in [1.54, 1.807) is 24.5 Å². The molecule has 11 heavy (non-hydrogen) atoms. The highest BCUT2D eigenvalue weighted by molar-refractivity contribution is 5.85. The van der Waals surface area contributed by atoms with Crippen LogP contribution in [0.1, 0.15) is 11.7 Å². The van der Waals surface area contributed by atoms with Gasteiger partial charge >= 0.3 is 0 Å². The molecule has 0 saturated carbocycles. The van der Waals surface area contributed by atoms with Crippen LogP contribution < -0.4 is 5.73 Å². The van der Waals surface area contributed by atoms with Gasteiger partial charge in [0.25, 0.3) is 0 Å². The van der Waals surface area contributed by atoms with E-state index >= 15 is 0 Å². The lowest BCUT2D eigenvalue weighted by atomic mass is 10.2. The van der Waals surface area contributed by atoms with Gasteiger partial charge in [0.15, 0.2) is 0 Å². The molecular formula is C7H11ClN2O. The first-order valence-corrected chi connectivity index (χ1v) is 3.12. The minimum Gasteiger partial charge on any atom is -0.387 e. The second-order valence-electron chi connectivity index (χ2n) is 2.04. The van der Waals surface area contributed by atoms with Crippen molar-refractivity contribution in [2.75, 3.05) is 6.54 Å². The van der Waals surface area contributed by atoms with Crippen LogP contribution in [0.4, 0.5) is 0 Å². The highest BCUT2D eigenvalue weighted by Crippen LogP contribution is 2.07. The Morgan fingerprint density at radius 3 is 2.82 bits per heavy atom. The third-order valence-electron chi connectivity index (χ3n) is 1.29. The SMILES string of the molecule is Cl.NC[C@@H](O)c1cccnc1. The van der Waals surface area contributed by atoms with E-state index in [9.17, 15) is 0 Å². The number of hydrogen-bond donors (Lipinski definition) is 2. The molecule has 1 aromatic heterocycles. The second-order valence-corrected chi connectivity index (χ2v) is 2.04. The summed E-state index contributed by atoms with van der Waals surface area (Å²) in [5, 5.41) is 9.16. The van der Waals surface area contributed by atoms with E-state index in [4.69, 9.17) is 10.8 Å². The van der Waals surface area contributed by atoms with Crippen molar-refractivity contribution in [2.24, 2.45) is 5.73 Å². The van der Waals surface area contributed by atoms with Crippen LogP contribution in [0.2, 0.25) is 0 Å². The largest absolute Gasteiger partial charge is 0.387 e. The van der Waals surface area contributed by atoms with Crippen molar-refractivity contribution in [3.8, 4) is 0 Å². The fourth-order valence-corrected chi connectivity index (χ4v) is 0.709. The van der Waals surface area contributed by atoms with Gasteiger partial charge in [-0.25, -0.2) is 0 Å². The van der Waals surface area contributed by atoms with Gasteiger partial charge < -0.3 is 10.8 Å². The lowest BCUT2D eigenvalue weighted by Gasteiger charge is -2.05. The molecule has 0 aliphatic heterocycles. The monoisotopic (exact) mass is 174 g/mol. The minimum atomic E-state index is -0.575. The van der Waals surface area contributed by atoms with Gasteiger partial charge in [-0.15, -0.1) is 12.4 Å². The molecule has 0 amide bonds. The van der Waals surface area contributed by atoms with Crippen molar-refractivity contribution < 1.29 is 5.11 Å². The van der Waals surface area contributed by atoms with E-state index in [1.165, 1.54) is 0 Å². The van der Waals surface area contributed by atoms with Crippen molar-refractivity contribution in [3.05, 3.63) is 30.1 Å². The second kappa shape index (κ2) is 5.07. The van der Waals surface area contributed by atoms with Crippen LogP contribution in [-0.2, 0) is 0 Å². The zero-order valence-electron chi connectivity index (χ0n) is 5.97. The van der Waals surface area contributed by atoms with Crippen LogP contribution >= 0.6 is 12.4 Å². The lowest BCUT2D eigenvalue weighted by Crippen LogP contribution is -2.11. The van der Waals surface area contributed by atoms with Gasteiger partial charge in [0.2, 0.25) is 0 Å². The highest BCUT2D eigenvalue weighted by atomic mass is 35.5. The summed E-state index contributed by atoms with van der Waals surface area (Å²) in [5.74, 6) is 0. The summed E-state index contributed by atoms with van der Waals surface area (Å²) in [6.45, 7) is 0.242. The Morgan fingerprint density at radius 1 is 1.64 bits per heavy atom. The van der Waals surface area contributed by atoms with E-state index in [-0.39, 0.29) is 19.0 Å². The van der Waals surface area contributed by atoms with Gasteiger partial charge in [-0.1, -0.05) is 6.07 Å². The molecule has 0 unspecified atom stereocenters. The highest BCUT2D eigenvalue weighted by Gasteiger charge is 2.02. The molecule has 0 spiro atoms. The molecule has 0 fully saturated rings. The van der Waals surface area contributed by atoms with Crippen molar-refractivity contribution in [2.45, 2.75) is 6.10 Å². The van der Waals surface area contributed by atoms with E-state index in [0.717, 1.165) is 5.56 Å². The molecule has 3 N–H and O–H groups in total. The normalized spacial score (nSPS) is 11.8. The van der Waals surface area contributed by atoms with E-state index in [0.29, 0.717) is 0 Å². The van der Waals surface area contributed by atoms with Gasteiger partial charge in [0.05, 0.1) is 6.10 Å². The number of pyridine rings is 1. The predicted octanol–water partition coefficient (Wildman–Crippen LogP) is 0.496. The fourth-order valence-electron chi connectivity index (χ4n) is 0.709. The number of aliphatic hydroxyl groups is 1. The summed E-state index contributed by atoms with van der Waals surface area (Å²) in [7, 11) is 0. The zero-order valence-corrected chi connectivity index (χ0v) is 6.79. The smallest absolute Gasteiger partial charge is 0.0927 e. The maximum atomic E-state index is 9.16. The zero-order chi connectivity index (χ0) is 7.40. The molecule has 1 heterocycles. The summed E-state index contributed by atoms with van der Waals surface area (Å²) < 4.78 is 0. The van der Waals surface area contributed by atoms with Crippen molar-refractivity contribution in [1.82, 2.24) is 4.98 Å². The molecular weight excluding hydrogens is 164 g/mol. The van der Waals surface area contributed by atoms with Gasteiger partial charge in [-0.05, 0) is 6.07 Å². The van der Waals surface area contributed by atoms with Crippen LogP contribution in [0.5, 0.6) is 0 Å². The quantitative estimate of drug-likeness (QED) is 0.687. The summed E-state index contributed by atoms with van der Waals surface area (Å²) >= 11 is 0. The van der Waals surface area contributed by atoms with Gasteiger partial charge in [0, 0.05) is 24.5 Å². The minimum absolute atomic E-state index is 0. The van der Waals surface area contributed by atoms with Crippen molar-refractivity contribution in [3.63, 3.8) is 0 Å². The van der Waals surface area contributed by atoms with E-state index < -0.39 is 6.10 Å². The van der Waals surface area contributed by atoms with Crippen LogP contribution in [-0.4, -0.2) is 16.6 Å². The predicted molar refractivity (Wildman–Crippen MR) is 45.5 cm³/mol. The Labute approximate surface area is 71.7 Å². The number of aromatic nitrogens is 1. The standard InChI is InChI=1S/C7H10N2O.ClH/c8-4-7(10)6-2-1-3-9-5-6;/h1-3,5,7,10H,4,8H2;1H/t7-;/m1./s1. The molecule has 62 valence electrons. The van der Waals surface area contributed by atoms with Crippen LogP contribution in [0, 0.1) is 0 Å². The van der Waals surface area contributed by atoms with Crippen LogP contribution in [0.15, 0.2) is 24.5 Å². The first-order chi connectivity index (χ1) is 4.84. The molecule has 1 atom stereocenters. The summed E-state index contributed by atoms with van der Waals surface area (Å²) in [6.07, 6.45) is 2.69. The molecule has 1 rings (SSSR count). The Bertz CT molecular complexity index is 193. The number of hydrogen-bond acceptors (Lipinski definition) is 3. The van der Waals surface area contributed by atoms with Gasteiger partial charge in [-0.2, -0.15) is 0 Å². The van der Waals surface area contributed by atoms with Crippen LogP contribution in [0.25, 0.3) is 0 Å². The molecule has 0 radical (unpaired) electrons. The Balaban J connectivity index is 0.000001000. The van der Waals surface area contributed by atoms with Crippen molar-refractivity contribution in [1.29, 1.82) is 0 Å². The third-order valence-corrected chi connectivity index (χ3v) is 1.29. The van der Waals surface area contributed by atoms with Gasteiger partial charge in [0.1, 0.15) is 0 Å². The molecule has 0 saturated heterocycles. The van der Waals surface area contributed by atoms with Crippen LogP contribution in [0.3, 0.4) is 0 Å². The third kappa shape index (κ3) is 2.84. The lowest BCUT2D eigenvalue weighted by molar-refractivity contribution is 0.186. The number of nitrogens with zero attached hydrogens (tertiary/aromatic N) is 1. The summed E-state index contributed by atoms with van der Waals surface area (Å²) in [5.41, 5.74) is 5.99. The molecule has 3 nitrogen and oxygen atoms in total. The maximum Gasteiger partial charge on any atom is 0.0927 e. The number of nitrogens with two attached hydrogens (primary N) is 1. The molecule has 0 aromatic carbocycles. The van der Waals surface area contributed by atoms with E-state index in [2.05, 4.69) is 4.98 Å². The number of rotatable bonds is 2. The topological polar surface area (TPSA) is 59.1 Å². The first-order valence-electron chi connectivity index (χ1n) is 3.12. The number of aliphatic hydroxyl groups excluding tert-OH is 1. The number of halogens is 1. The van der Waals surface area contributed by atoms with Gasteiger partial charge in [-0.3, -0.25) is 4.98 Å². The maximum absolute atomic E-state index is 9.16. The molecule has 0 aliphatic rings. The Hall–Kier alpha value is -0.640.